The van der Waals surface area contributed by atoms with Crippen LogP contribution < -0.4 is 0 Å². The molecule has 0 saturated carbocycles. The van der Waals surface area contributed by atoms with Gasteiger partial charge in [-0.25, -0.2) is 4.79 Å². The number of hydrogen-bond donors (Lipinski definition) is 1. The Kier molecular flexibility index (Phi) is 2.29. The van der Waals surface area contributed by atoms with Crippen molar-refractivity contribution in [3.63, 3.8) is 0 Å². The third kappa shape index (κ3) is 1.76. The van der Waals surface area contributed by atoms with Crippen LogP contribution in [0.3, 0.4) is 0 Å². The number of benzene rings is 1. The van der Waals surface area contributed by atoms with E-state index in [2.05, 4.69) is 0 Å². The first-order valence-corrected chi connectivity index (χ1v) is 4.55. The van der Waals surface area contributed by atoms with Gasteiger partial charge in [0.05, 0.1) is 6.26 Å². The van der Waals surface area contributed by atoms with Gasteiger partial charge in [-0.05, 0) is 12.5 Å². The number of aromatic carboxylic acids is 1. The van der Waals surface area contributed by atoms with E-state index in [4.69, 9.17) is 9.52 Å². The summed E-state index contributed by atoms with van der Waals surface area (Å²) in [7, 11) is 0. The van der Waals surface area contributed by atoms with E-state index in [1.54, 1.807) is 0 Å². The first-order valence-electron chi connectivity index (χ1n) is 4.55. The van der Waals surface area contributed by atoms with E-state index in [0.29, 0.717) is 5.56 Å². The van der Waals surface area contributed by atoms with Crippen LogP contribution in [0.5, 0.6) is 0 Å². The Balaban J connectivity index is 2.54. The van der Waals surface area contributed by atoms with Crippen molar-refractivity contribution in [1.82, 2.24) is 0 Å². The summed E-state index contributed by atoms with van der Waals surface area (Å²) in [6, 6.07) is 7.65. The SMILES string of the molecule is Cc1cccc(-c2cocc2C(=O)O)c1. The fraction of sp³-hybridized carbons (Fsp3) is 0.0833. The molecule has 0 fully saturated rings. The summed E-state index contributed by atoms with van der Waals surface area (Å²) in [6.45, 7) is 1.96. The van der Waals surface area contributed by atoms with Gasteiger partial charge in [-0.1, -0.05) is 29.8 Å². The molecule has 0 aliphatic carbocycles. The molecule has 0 aliphatic rings. The van der Waals surface area contributed by atoms with Crippen molar-refractivity contribution >= 4 is 5.97 Å². The van der Waals surface area contributed by atoms with Gasteiger partial charge >= 0.3 is 5.97 Å². The van der Waals surface area contributed by atoms with Crippen LogP contribution in [0.1, 0.15) is 15.9 Å². The molecule has 76 valence electrons. The van der Waals surface area contributed by atoms with Crippen LogP contribution in [-0.2, 0) is 0 Å². The lowest BCUT2D eigenvalue weighted by atomic mass is 10.0. The highest BCUT2D eigenvalue weighted by Gasteiger charge is 2.13. The second kappa shape index (κ2) is 3.61. The van der Waals surface area contributed by atoms with Gasteiger partial charge in [-0.15, -0.1) is 0 Å². The van der Waals surface area contributed by atoms with Gasteiger partial charge in [-0.2, -0.15) is 0 Å². The van der Waals surface area contributed by atoms with Crippen molar-refractivity contribution < 1.29 is 14.3 Å². The molecule has 1 N–H and O–H groups in total. The average Bonchev–Trinajstić information content (AvgIpc) is 2.65. The zero-order valence-electron chi connectivity index (χ0n) is 8.23. The predicted octanol–water partition coefficient (Wildman–Crippen LogP) is 2.95. The molecule has 0 spiro atoms. The summed E-state index contributed by atoms with van der Waals surface area (Å²) in [5, 5.41) is 8.93. The van der Waals surface area contributed by atoms with Crippen molar-refractivity contribution in [2.24, 2.45) is 0 Å². The minimum Gasteiger partial charge on any atom is -0.478 e. The van der Waals surface area contributed by atoms with Gasteiger partial charge in [0.1, 0.15) is 11.8 Å². The largest absolute Gasteiger partial charge is 0.478 e. The lowest BCUT2D eigenvalue weighted by molar-refractivity contribution is 0.0697. The fourth-order valence-corrected chi connectivity index (χ4v) is 1.50. The quantitative estimate of drug-likeness (QED) is 0.814. The molecule has 2 aromatic rings. The zero-order valence-corrected chi connectivity index (χ0v) is 8.23. The number of rotatable bonds is 2. The molecule has 0 amide bonds. The smallest absolute Gasteiger partial charge is 0.339 e. The molecule has 0 saturated heterocycles. The topological polar surface area (TPSA) is 50.4 Å². The van der Waals surface area contributed by atoms with Crippen LogP contribution in [0, 0.1) is 6.92 Å². The molecule has 0 unspecified atom stereocenters. The maximum atomic E-state index is 10.9. The van der Waals surface area contributed by atoms with E-state index < -0.39 is 5.97 Å². The highest BCUT2D eigenvalue weighted by molar-refractivity contribution is 5.95. The standard InChI is InChI=1S/C12H10O3/c1-8-3-2-4-9(5-8)10-6-15-7-11(10)12(13)14/h2-7H,1H3,(H,13,14). The summed E-state index contributed by atoms with van der Waals surface area (Å²) in [4.78, 5) is 10.9. The summed E-state index contributed by atoms with van der Waals surface area (Å²) in [5.74, 6) is -0.972. The molecule has 0 bridgehead atoms. The molecule has 1 heterocycles. The Bertz CT molecular complexity index is 497. The Morgan fingerprint density at radius 2 is 2.13 bits per heavy atom. The van der Waals surface area contributed by atoms with Crippen LogP contribution in [-0.4, -0.2) is 11.1 Å². The number of carbonyl (C=O) groups is 1. The van der Waals surface area contributed by atoms with Crippen LogP contribution in [0.25, 0.3) is 11.1 Å². The van der Waals surface area contributed by atoms with Gasteiger partial charge in [0.25, 0.3) is 0 Å². The van der Waals surface area contributed by atoms with Crippen molar-refractivity contribution in [2.45, 2.75) is 6.92 Å². The van der Waals surface area contributed by atoms with E-state index in [0.717, 1.165) is 11.1 Å². The molecule has 0 radical (unpaired) electrons. The van der Waals surface area contributed by atoms with Gasteiger partial charge in [0.2, 0.25) is 0 Å². The zero-order chi connectivity index (χ0) is 10.8. The van der Waals surface area contributed by atoms with Crippen LogP contribution in [0.15, 0.2) is 41.2 Å². The predicted molar refractivity (Wildman–Crippen MR) is 55.8 cm³/mol. The van der Waals surface area contributed by atoms with E-state index in [1.807, 2.05) is 31.2 Å². The first kappa shape index (κ1) is 9.52. The van der Waals surface area contributed by atoms with Crippen LogP contribution >= 0.6 is 0 Å². The van der Waals surface area contributed by atoms with Crippen molar-refractivity contribution in [1.29, 1.82) is 0 Å². The number of furan rings is 1. The van der Waals surface area contributed by atoms with E-state index in [9.17, 15) is 4.79 Å². The average molecular weight is 202 g/mol. The second-order valence-electron chi connectivity index (χ2n) is 3.37. The molecular formula is C12H10O3. The lowest BCUT2D eigenvalue weighted by Gasteiger charge is -2.00. The molecule has 3 heteroatoms. The van der Waals surface area contributed by atoms with Crippen molar-refractivity contribution in [3.05, 3.63) is 47.9 Å². The Hall–Kier alpha value is -2.03. The normalized spacial score (nSPS) is 10.2. The number of aryl methyl sites for hydroxylation is 1. The van der Waals surface area contributed by atoms with E-state index in [1.165, 1.54) is 12.5 Å². The molecule has 0 aliphatic heterocycles. The van der Waals surface area contributed by atoms with Crippen LogP contribution in [0.2, 0.25) is 0 Å². The van der Waals surface area contributed by atoms with Crippen molar-refractivity contribution in [3.8, 4) is 11.1 Å². The molecule has 1 aromatic heterocycles. The highest BCUT2D eigenvalue weighted by Crippen LogP contribution is 2.25. The third-order valence-corrected chi connectivity index (χ3v) is 2.22. The Morgan fingerprint density at radius 1 is 1.33 bits per heavy atom. The molecule has 2 rings (SSSR count). The first-order chi connectivity index (χ1) is 7.18. The van der Waals surface area contributed by atoms with Gasteiger partial charge in [-0.3, -0.25) is 0 Å². The fourth-order valence-electron chi connectivity index (χ4n) is 1.50. The molecular weight excluding hydrogens is 192 g/mol. The summed E-state index contributed by atoms with van der Waals surface area (Å²) in [6.07, 6.45) is 2.71. The van der Waals surface area contributed by atoms with Crippen LogP contribution in [0.4, 0.5) is 0 Å². The van der Waals surface area contributed by atoms with E-state index >= 15 is 0 Å². The molecule has 3 nitrogen and oxygen atoms in total. The highest BCUT2D eigenvalue weighted by atomic mass is 16.4. The maximum absolute atomic E-state index is 10.9. The molecule has 0 atom stereocenters. The third-order valence-electron chi connectivity index (χ3n) is 2.22. The second-order valence-corrected chi connectivity index (χ2v) is 3.37. The van der Waals surface area contributed by atoms with E-state index in [-0.39, 0.29) is 5.56 Å². The number of carboxylic acids is 1. The molecule has 1 aromatic carbocycles. The van der Waals surface area contributed by atoms with Gasteiger partial charge in [0, 0.05) is 5.56 Å². The summed E-state index contributed by atoms with van der Waals surface area (Å²) >= 11 is 0. The lowest BCUT2D eigenvalue weighted by Crippen LogP contribution is -1.95. The van der Waals surface area contributed by atoms with Gasteiger partial charge < -0.3 is 9.52 Å². The molecule has 15 heavy (non-hydrogen) atoms. The summed E-state index contributed by atoms with van der Waals surface area (Å²) in [5.41, 5.74) is 2.76. The minimum atomic E-state index is -0.972. The number of carboxylic acid groups (broad SMARTS) is 1. The Labute approximate surface area is 87.0 Å². The minimum absolute atomic E-state index is 0.195. The summed E-state index contributed by atoms with van der Waals surface area (Å²) < 4.78 is 4.92. The van der Waals surface area contributed by atoms with Gasteiger partial charge in [0.15, 0.2) is 0 Å². The van der Waals surface area contributed by atoms with Crippen molar-refractivity contribution in [2.75, 3.05) is 0 Å². The monoisotopic (exact) mass is 202 g/mol. The number of hydrogen-bond acceptors (Lipinski definition) is 2. The maximum Gasteiger partial charge on any atom is 0.339 e. The Morgan fingerprint density at radius 3 is 2.80 bits per heavy atom.